The number of carbonyl (C=O) groups excluding carboxylic acids is 2. The van der Waals surface area contributed by atoms with Gasteiger partial charge in [0.1, 0.15) is 12.4 Å². The minimum absolute atomic E-state index is 0.00529. The first-order valence-electron chi connectivity index (χ1n) is 10.3. The van der Waals surface area contributed by atoms with E-state index in [0.717, 1.165) is 49.7 Å². The number of carbonyl (C=O) groups is 2. The molecule has 0 saturated carbocycles. The van der Waals surface area contributed by atoms with Crippen LogP contribution in [0.15, 0.2) is 30.3 Å². The summed E-state index contributed by atoms with van der Waals surface area (Å²) >= 11 is 0. The number of H-pyrrole nitrogens is 1. The molecule has 2 aromatic rings. The Morgan fingerprint density at radius 1 is 1.10 bits per heavy atom. The molecule has 156 valence electrons. The number of Topliss-reactive ketones (excluding diaryl/α,β-unsaturated/α-hetero) is 2. The number of nitrogens with zero attached hydrogens (tertiary/aromatic N) is 2. The summed E-state index contributed by atoms with van der Waals surface area (Å²) in [5.74, 6) is 0.945. The second-order valence-corrected chi connectivity index (χ2v) is 7.76. The fourth-order valence-electron chi connectivity index (χ4n) is 4.08. The molecular weight excluding hydrogens is 366 g/mol. The highest BCUT2D eigenvalue weighted by Gasteiger charge is 2.29. The molecule has 0 amide bonds. The van der Waals surface area contributed by atoms with Crippen LogP contribution < -0.4 is 4.74 Å². The largest absolute Gasteiger partial charge is 0.492 e. The molecule has 1 aromatic carbocycles. The quantitative estimate of drug-likeness (QED) is 0.694. The van der Waals surface area contributed by atoms with Gasteiger partial charge in [-0.05, 0) is 45.4 Å². The highest BCUT2D eigenvalue weighted by atomic mass is 16.5. The normalized spacial score (nSPS) is 16.6. The molecule has 0 bridgehead atoms. The highest BCUT2D eigenvalue weighted by molar-refractivity contribution is 6.05. The number of aromatic amines is 1. The molecule has 1 saturated heterocycles. The molecule has 6 heteroatoms. The zero-order valence-electron chi connectivity index (χ0n) is 17.8. The third-order valence-corrected chi connectivity index (χ3v) is 5.79. The standard InChI is InChI=1S/C23H31N3O3/c1-16-21(19(4)27)17(2)24-22(16)23(28)18(3)26-12-10-25(11-13-26)14-15-29-20-8-6-5-7-9-20/h5-9,18,24H,10-15H2,1-4H3/t18-/m0/s1. The Bertz CT molecular complexity index is 852. The van der Waals surface area contributed by atoms with Gasteiger partial charge in [0.15, 0.2) is 11.6 Å². The number of aryl methyl sites for hydroxylation is 1. The first kappa shape index (κ1) is 21.3. The second-order valence-electron chi connectivity index (χ2n) is 7.76. The number of nitrogens with one attached hydrogen (secondary N) is 1. The van der Waals surface area contributed by atoms with Crippen molar-refractivity contribution in [2.45, 2.75) is 33.7 Å². The van der Waals surface area contributed by atoms with Gasteiger partial charge in [-0.25, -0.2) is 0 Å². The van der Waals surface area contributed by atoms with Crippen LogP contribution in [0.3, 0.4) is 0 Å². The number of ether oxygens (including phenoxy) is 1. The van der Waals surface area contributed by atoms with Crippen LogP contribution in [0.1, 0.15) is 46.0 Å². The first-order valence-corrected chi connectivity index (χ1v) is 10.3. The van der Waals surface area contributed by atoms with Gasteiger partial charge in [-0.2, -0.15) is 0 Å². The van der Waals surface area contributed by atoms with Gasteiger partial charge < -0.3 is 9.72 Å². The minimum atomic E-state index is -0.214. The maximum Gasteiger partial charge on any atom is 0.196 e. The molecule has 1 N–H and O–H groups in total. The molecule has 1 aliphatic rings. The molecule has 1 aliphatic heterocycles. The molecule has 2 heterocycles. The average Bonchev–Trinajstić information content (AvgIpc) is 3.02. The van der Waals surface area contributed by atoms with Crippen molar-refractivity contribution in [2.24, 2.45) is 0 Å². The van der Waals surface area contributed by atoms with E-state index in [2.05, 4.69) is 14.8 Å². The number of ketones is 2. The topological polar surface area (TPSA) is 65.6 Å². The average molecular weight is 398 g/mol. The SMILES string of the molecule is CC(=O)c1c(C)[nH]c(C(=O)[C@H](C)N2CCN(CCOc3ccccc3)CC2)c1C. The Morgan fingerprint density at radius 2 is 1.76 bits per heavy atom. The van der Waals surface area contributed by atoms with Gasteiger partial charge in [0.2, 0.25) is 0 Å². The maximum absolute atomic E-state index is 13.0. The van der Waals surface area contributed by atoms with Crippen LogP contribution >= 0.6 is 0 Å². The molecule has 6 nitrogen and oxygen atoms in total. The summed E-state index contributed by atoms with van der Waals surface area (Å²) in [6.45, 7) is 12.3. The lowest BCUT2D eigenvalue weighted by Gasteiger charge is -2.37. The zero-order chi connectivity index (χ0) is 21.0. The van der Waals surface area contributed by atoms with Crippen molar-refractivity contribution in [1.82, 2.24) is 14.8 Å². The third-order valence-electron chi connectivity index (χ3n) is 5.79. The summed E-state index contributed by atoms with van der Waals surface area (Å²) in [5, 5.41) is 0. The van der Waals surface area contributed by atoms with E-state index < -0.39 is 0 Å². The molecule has 0 unspecified atom stereocenters. The van der Waals surface area contributed by atoms with Gasteiger partial charge in [-0.15, -0.1) is 0 Å². The molecule has 3 rings (SSSR count). The highest BCUT2D eigenvalue weighted by Crippen LogP contribution is 2.21. The molecule has 29 heavy (non-hydrogen) atoms. The van der Waals surface area contributed by atoms with Crippen molar-refractivity contribution in [3.05, 3.63) is 52.8 Å². The Morgan fingerprint density at radius 3 is 2.34 bits per heavy atom. The van der Waals surface area contributed by atoms with Crippen molar-refractivity contribution in [1.29, 1.82) is 0 Å². The van der Waals surface area contributed by atoms with E-state index in [-0.39, 0.29) is 17.6 Å². The van der Waals surface area contributed by atoms with E-state index in [1.54, 1.807) is 6.92 Å². The second kappa shape index (κ2) is 9.37. The monoisotopic (exact) mass is 397 g/mol. The lowest BCUT2D eigenvalue weighted by molar-refractivity contribution is 0.0668. The van der Waals surface area contributed by atoms with Gasteiger partial charge in [0, 0.05) is 44.0 Å². The minimum Gasteiger partial charge on any atom is -0.492 e. The van der Waals surface area contributed by atoms with Crippen molar-refractivity contribution in [3.8, 4) is 5.75 Å². The number of para-hydroxylation sites is 1. The Balaban J connectivity index is 1.51. The van der Waals surface area contributed by atoms with Crippen LogP contribution in [0.4, 0.5) is 0 Å². The predicted molar refractivity (Wildman–Crippen MR) is 114 cm³/mol. The summed E-state index contributed by atoms with van der Waals surface area (Å²) < 4.78 is 5.78. The Kier molecular flexibility index (Phi) is 6.87. The van der Waals surface area contributed by atoms with Crippen LogP contribution in [0.2, 0.25) is 0 Å². The van der Waals surface area contributed by atoms with Gasteiger partial charge in [0.25, 0.3) is 0 Å². The Hall–Kier alpha value is -2.44. The number of piperazine rings is 1. The van der Waals surface area contributed by atoms with Gasteiger partial charge in [0.05, 0.1) is 11.7 Å². The molecule has 1 fully saturated rings. The van der Waals surface area contributed by atoms with Crippen molar-refractivity contribution < 1.29 is 14.3 Å². The first-order chi connectivity index (χ1) is 13.9. The van der Waals surface area contributed by atoms with Crippen molar-refractivity contribution in [3.63, 3.8) is 0 Å². The molecule has 0 spiro atoms. The van der Waals surface area contributed by atoms with E-state index >= 15 is 0 Å². The van der Waals surface area contributed by atoms with Gasteiger partial charge in [-0.1, -0.05) is 18.2 Å². The fourth-order valence-corrected chi connectivity index (χ4v) is 4.08. The van der Waals surface area contributed by atoms with Crippen molar-refractivity contribution in [2.75, 3.05) is 39.3 Å². The van der Waals surface area contributed by atoms with Gasteiger partial charge >= 0.3 is 0 Å². The fraction of sp³-hybridized carbons (Fsp3) is 0.478. The van der Waals surface area contributed by atoms with Crippen LogP contribution in [-0.4, -0.2) is 71.7 Å². The smallest absolute Gasteiger partial charge is 0.196 e. The summed E-state index contributed by atoms with van der Waals surface area (Å²) in [7, 11) is 0. The summed E-state index contributed by atoms with van der Waals surface area (Å²) in [5.41, 5.74) is 2.75. The lowest BCUT2D eigenvalue weighted by atomic mass is 10.0. The van der Waals surface area contributed by atoms with Crippen LogP contribution in [0.5, 0.6) is 5.75 Å². The summed E-state index contributed by atoms with van der Waals surface area (Å²) in [6, 6.07) is 9.64. The zero-order valence-corrected chi connectivity index (χ0v) is 17.8. The predicted octanol–water partition coefficient (Wildman–Crippen LogP) is 3.10. The van der Waals surface area contributed by atoms with E-state index in [1.165, 1.54) is 0 Å². The summed E-state index contributed by atoms with van der Waals surface area (Å²) in [4.78, 5) is 32.6. The van der Waals surface area contributed by atoms with E-state index in [1.807, 2.05) is 51.1 Å². The van der Waals surface area contributed by atoms with Gasteiger partial charge in [-0.3, -0.25) is 19.4 Å². The number of benzene rings is 1. The third kappa shape index (κ3) is 4.95. The maximum atomic E-state index is 13.0. The number of hydrogen-bond donors (Lipinski definition) is 1. The van der Waals surface area contributed by atoms with Crippen LogP contribution in [0.25, 0.3) is 0 Å². The summed E-state index contributed by atoms with van der Waals surface area (Å²) in [6.07, 6.45) is 0. The molecule has 1 atom stereocenters. The van der Waals surface area contributed by atoms with Crippen LogP contribution in [0, 0.1) is 13.8 Å². The molecule has 1 aromatic heterocycles. The Labute approximate surface area is 172 Å². The molecular formula is C23H31N3O3. The molecule has 0 radical (unpaired) electrons. The molecule has 0 aliphatic carbocycles. The van der Waals surface area contributed by atoms with Crippen molar-refractivity contribution >= 4 is 11.6 Å². The van der Waals surface area contributed by atoms with Crippen LogP contribution in [-0.2, 0) is 0 Å². The lowest BCUT2D eigenvalue weighted by Crippen LogP contribution is -2.52. The van der Waals surface area contributed by atoms with E-state index in [4.69, 9.17) is 4.74 Å². The number of rotatable bonds is 8. The van der Waals surface area contributed by atoms with E-state index in [0.29, 0.717) is 17.9 Å². The number of aromatic nitrogens is 1. The number of hydrogen-bond acceptors (Lipinski definition) is 5. The van der Waals surface area contributed by atoms with E-state index in [9.17, 15) is 9.59 Å².